The lowest BCUT2D eigenvalue weighted by atomic mass is 10.2. The Morgan fingerprint density at radius 3 is 2.71 bits per heavy atom. The Morgan fingerprint density at radius 2 is 2.21 bits per heavy atom. The topological polar surface area (TPSA) is 58.4 Å². The van der Waals surface area contributed by atoms with Crippen LogP contribution in [0.1, 0.15) is 25.7 Å². The van der Waals surface area contributed by atoms with Crippen LogP contribution in [0.25, 0.3) is 0 Å². The number of likely N-dealkylation sites (tertiary alicyclic amines) is 1. The van der Waals surface area contributed by atoms with Gasteiger partial charge in [-0.05, 0) is 25.7 Å². The molecule has 4 nitrogen and oxygen atoms in total. The van der Waals surface area contributed by atoms with Gasteiger partial charge in [0.25, 0.3) is 0 Å². The van der Waals surface area contributed by atoms with Crippen LogP contribution in [-0.4, -0.2) is 42.5 Å². The van der Waals surface area contributed by atoms with Crippen LogP contribution in [0.3, 0.4) is 0 Å². The summed E-state index contributed by atoms with van der Waals surface area (Å²) in [6.07, 6.45) is 4.18. The summed E-state index contributed by atoms with van der Waals surface area (Å²) in [7, 11) is 1.87. The zero-order valence-corrected chi connectivity index (χ0v) is 8.70. The maximum absolute atomic E-state index is 11.6. The molecule has 1 aliphatic carbocycles. The first-order valence-electron chi connectivity index (χ1n) is 5.43. The number of nitrogens with one attached hydrogen (secondary N) is 1. The molecule has 1 saturated carbocycles. The number of hydrogen-bond donors (Lipinski definition) is 2. The van der Waals surface area contributed by atoms with Crippen LogP contribution in [0, 0.1) is 0 Å². The van der Waals surface area contributed by atoms with Gasteiger partial charge in [0.15, 0.2) is 0 Å². The first-order chi connectivity index (χ1) is 6.66. The molecule has 0 bridgehead atoms. The standard InChI is InChI=1S/C10H19N3O/c1-13-5-4-9(10(13)14)12-8-3-2-7(11)6-8/h7-9,12H,2-6,11H2,1H3. The van der Waals surface area contributed by atoms with E-state index in [9.17, 15) is 4.79 Å². The van der Waals surface area contributed by atoms with E-state index < -0.39 is 0 Å². The van der Waals surface area contributed by atoms with Crippen LogP contribution >= 0.6 is 0 Å². The molecular weight excluding hydrogens is 178 g/mol. The fourth-order valence-electron chi connectivity index (χ4n) is 2.43. The SMILES string of the molecule is CN1CCC(NC2CCC(N)C2)C1=O. The van der Waals surface area contributed by atoms with E-state index in [2.05, 4.69) is 5.32 Å². The molecule has 0 aromatic heterocycles. The van der Waals surface area contributed by atoms with Gasteiger partial charge >= 0.3 is 0 Å². The normalized spacial score (nSPS) is 38.3. The highest BCUT2D eigenvalue weighted by Gasteiger charge is 2.32. The Kier molecular flexibility index (Phi) is 2.74. The molecule has 1 amide bonds. The highest BCUT2D eigenvalue weighted by atomic mass is 16.2. The van der Waals surface area contributed by atoms with E-state index in [0.717, 1.165) is 32.2 Å². The Balaban J connectivity index is 1.83. The minimum Gasteiger partial charge on any atom is -0.344 e. The Hall–Kier alpha value is -0.610. The predicted molar refractivity (Wildman–Crippen MR) is 54.8 cm³/mol. The second kappa shape index (κ2) is 3.87. The number of carbonyl (C=O) groups excluding carboxylic acids is 1. The Morgan fingerprint density at radius 1 is 1.43 bits per heavy atom. The molecule has 2 rings (SSSR count). The van der Waals surface area contributed by atoms with Crippen LogP contribution in [0.5, 0.6) is 0 Å². The molecule has 0 aromatic rings. The van der Waals surface area contributed by atoms with Crippen LogP contribution < -0.4 is 11.1 Å². The number of likely N-dealkylation sites (N-methyl/N-ethyl adjacent to an activating group) is 1. The van der Waals surface area contributed by atoms with Crippen molar-refractivity contribution < 1.29 is 4.79 Å². The number of nitrogens with two attached hydrogens (primary N) is 1. The second-order valence-corrected chi connectivity index (χ2v) is 4.54. The molecule has 3 N–H and O–H groups in total. The molecule has 0 spiro atoms. The van der Waals surface area contributed by atoms with Gasteiger partial charge in [0.05, 0.1) is 6.04 Å². The van der Waals surface area contributed by atoms with Gasteiger partial charge in [-0.2, -0.15) is 0 Å². The van der Waals surface area contributed by atoms with Crippen molar-refractivity contribution in [2.45, 2.75) is 43.8 Å². The van der Waals surface area contributed by atoms with E-state index in [1.54, 1.807) is 4.90 Å². The monoisotopic (exact) mass is 197 g/mol. The Labute approximate surface area is 84.8 Å². The highest BCUT2D eigenvalue weighted by Crippen LogP contribution is 2.19. The minimum absolute atomic E-state index is 0.0512. The van der Waals surface area contributed by atoms with Gasteiger partial charge in [-0.1, -0.05) is 0 Å². The van der Waals surface area contributed by atoms with Gasteiger partial charge in [0, 0.05) is 25.7 Å². The lowest BCUT2D eigenvalue weighted by molar-refractivity contribution is -0.128. The second-order valence-electron chi connectivity index (χ2n) is 4.54. The molecule has 3 unspecified atom stereocenters. The summed E-state index contributed by atoms with van der Waals surface area (Å²) in [5.41, 5.74) is 5.83. The predicted octanol–water partition coefficient (Wildman–Crippen LogP) is -0.313. The van der Waals surface area contributed by atoms with Gasteiger partial charge in [-0.25, -0.2) is 0 Å². The highest BCUT2D eigenvalue weighted by molar-refractivity contribution is 5.83. The number of hydrogen-bond acceptors (Lipinski definition) is 3. The van der Waals surface area contributed by atoms with E-state index in [4.69, 9.17) is 5.73 Å². The molecule has 14 heavy (non-hydrogen) atoms. The van der Waals surface area contributed by atoms with Crippen molar-refractivity contribution in [3.05, 3.63) is 0 Å². The molecular formula is C10H19N3O. The molecule has 4 heteroatoms. The van der Waals surface area contributed by atoms with Gasteiger partial charge < -0.3 is 16.0 Å². The number of rotatable bonds is 2. The largest absolute Gasteiger partial charge is 0.344 e. The zero-order chi connectivity index (χ0) is 10.1. The number of nitrogens with zero attached hydrogens (tertiary/aromatic N) is 1. The fourth-order valence-corrected chi connectivity index (χ4v) is 2.43. The lowest BCUT2D eigenvalue weighted by Crippen LogP contribution is -2.42. The molecule has 0 aromatic carbocycles. The maximum Gasteiger partial charge on any atom is 0.239 e. The van der Waals surface area contributed by atoms with Crippen molar-refractivity contribution in [3.63, 3.8) is 0 Å². The van der Waals surface area contributed by atoms with Gasteiger partial charge in [-0.3, -0.25) is 4.79 Å². The van der Waals surface area contributed by atoms with E-state index >= 15 is 0 Å². The average Bonchev–Trinajstić information content (AvgIpc) is 2.67. The van der Waals surface area contributed by atoms with E-state index in [-0.39, 0.29) is 11.9 Å². The summed E-state index contributed by atoms with van der Waals surface area (Å²) in [5, 5.41) is 3.42. The molecule has 0 radical (unpaired) electrons. The summed E-state index contributed by atoms with van der Waals surface area (Å²) in [5.74, 6) is 0.241. The molecule has 2 aliphatic rings. The maximum atomic E-state index is 11.6. The van der Waals surface area contributed by atoms with Crippen molar-refractivity contribution in [2.24, 2.45) is 5.73 Å². The van der Waals surface area contributed by atoms with Crippen LogP contribution in [0.2, 0.25) is 0 Å². The number of carbonyl (C=O) groups is 1. The summed E-state index contributed by atoms with van der Waals surface area (Å²) >= 11 is 0. The van der Waals surface area contributed by atoms with E-state index in [1.165, 1.54) is 0 Å². The van der Waals surface area contributed by atoms with E-state index in [0.29, 0.717) is 12.1 Å². The minimum atomic E-state index is 0.0512. The van der Waals surface area contributed by atoms with Crippen molar-refractivity contribution >= 4 is 5.91 Å². The Bertz CT molecular complexity index is 231. The third kappa shape index (κ3) is 1.91. The van der Waals surface area contributed by atoms with Gasteiger partial charge in [0.2, 0.25) is 5.91 Å². The lowest BCUT2D eigenvalue weighted by Gasteiger charge is -2.17. The third-order valence-electron chi connectivity index (χ3n) is 3.34. The van der Waals surface area contributed by atoms with Crippen molar-refractivity contribution in [3.8, 4) is 0 Å². The van der Waals surface area contributed by atoms with E-state index in [1.807, 2.05) is 7.05 Å². The third-order valence-corrected chi connectivity index (χ3v) is 3.34. The van der Waals surface area contributed by atoms with Crippen LogP contribution in [0.15, 0.2) is 0 Å². The smallest absolute Gasteiger partial charge is 0.239 e. The van der Waals surface area contributed by atoms with Gasteiger partial charge in [0.1, 0.15) is 0 Å². The molecule has 80 valence electrons. The quantitative estimate of drug-likeness (QED) is 0.638. The number of amides is 1. The van der Waals surface area contributed by atoms with Gasteiger partial charge in [-0.15, -0.1) is 0 Å². The fraction of sp³-hybridized carbons (Fsp3) is 0.900. The first-order valence-corrected chi connectivity index (χ1v) is 5.43. The molecule has 1 saturated heterocycles. The molecule has 3 atom stereocenters. The zero-order valence-electron chi connectivity index (χ0n) is 8.70. The summed E-state index contributed by atoms with van der Waals surface area (Å²) < 4.78 is 0. The van der Waals surface area contributed by atoms with Crippen molar-refractivity contribution in [1.82, 2.24) is 10.2 Å². The summed E-state index contributed by atoms with van der Waals surface area (Å²) in [6.45, 7) is 0.884. The van der Waals surface area contributed by atoms with Crippen LogP contribution in [0.4, 0.5) is 0 Å². The molecule has 2 fully saturated rings. The summed E-state index contributed by atoms with van der Waals surface area (Å²) in [4.78, 5) is 13.4. The average molecular weight is 197 g/mol. The molecule has 1 heterocycles. The molecule has 1 aliphatic heterocycles. The van der Waals surface area contributed by atoms with Crippen LogP contribution in [-0.2, 0) is 4.79 Å². The summed E-state index contributed by atoms with van der Waals surface area (Å²) in [6, 6.07) is 0.850. The first kappa shape index (κ1) is 9.93. The van der Waals surface area contributed by atoms with Crippen molar-refractivity contribution in [2.75, 3.05) is 13.6 Å². The van der Waals surface area contributed by atoms with Crippen molar-refractivity contribution in [1.29, 1.82) is 0 Å².